The van der Waals surface area contributed by atoms with Gasteiger partial charge in [0, 0.05) is 18.3 Å². The molecule has 1 aliphatic heterocycles. The Labute approximate surface area is 121 Å². The van der Waals surface area contributed by atoms with Gasteiger partial charge in [-0.3, -0.25) is 4.79 Å². The van der Waals surface area contributed by atoms with Crippen LogP contribution in [0.4, 0.5) is 0 Å². The lowest BCUT2D eigenvalue weighted by atomic mass is 10.1. The van der Waals surface area contributed by atoms with Gasteiger partial charge in [0.05, 0.1) is 6.04 Å². The molecule has 0 aromatic heterocycles. The van der Waals surface area contributed by atoms with Crippen molar-refractivity contribution in [2.75, 3.05) is 6.54 Å². The predicted octanol–water partition coefficient (Wildman–Crippen LogP) is 3.38. The fraction of sp³-hybridized carbons (Fsp3) is 0.353. The van der Waals surface area contributed by atoms with Gasteiger partial charge in [0.2, 0.25) is 5.91 Å². The summed E-state index contributed by atoms with van der Waals surface area (Å²) in [7, 11) is 0. The molecule has 0 fully saturated rings. The summed E-state index contributed by atoms with van der Waals surface area (Å²) in [5, 5.41) is 3.06. The van der Waals surface area contributed by atoms with Crippen molar-refractivity contribution in [3.05, 3.63) is 59.9 Å². The van der Waals surface area contributed by atoms with Crippen LogP contribution in [0.1, 0.15) is 38.3 Å². The number of nitrogens with one attached hydrogen (secondary N) is 1. The molecule has 1 aliphatic rings. The minimum absolute atomic E-state index is 0.0202. The molecular formula is C17H22N2O. The molecule has 3 heteroatoms. The monoisotopic (exact) mass is 270 g/mol. The summed E-state index contributed by atoms with van der Waals surface area (Å²) in [6.45, 7) is 5.09. The molecule has 106 valence electrons. The Morgan fingerprint density at radius 3 is 2.80 bits per heavy atom. The Kier molecular flexibility index (Phi) is 4.99. The van der Waals surface area contributed by atoms with Gasteiger partial charge in [-0.2, -0.15) is 0 Å². The largest absolute Gasteiger partial charge is 0.354 e. The lowest BCUT2D eigenvalue weighted by Crippen LogP contribution is -2.30. The summed E-state index contributed by atoms with van der Waals surface area (Å²) in [6, 6.07) is 10.0. The second kappa shape index (κ2) is 6.94. The van der Waals surface area contributed by atoms with Gasteiger partial charge in [-0.15, -0.1) is 0 Å². The Balaban J connectivity index is 1.98. The number of amides is 1. The maximum absolute atomic E-state index is 12.3. The quantitative estimate of drug-likeness (QED) is 0.889. The van der Waals surface area contributed by atoms with Gasteiger partial charge >= 0.3 is 0 Å². The van der Waals surface area contributed by atoms with Gasteiger partial charge in [-0.1, -0.05) is 43.3 Å². The zero-order valence-electron chi connectivity index (χ0n) is 12.2. The average molecular weight is 270 g/mol. The molecule has 1 N–H and O–H groups in total. The summed E-state index contributed by atoms with van der Waals surface area (Å²) in [6.07, 6.45) is 7.80. The molecule has 0 bridgehead atoms. The number of hydrogen-bond donors (Lipinski definition) is 1. The van der Waals surface area contributed by atoms with E-state index in [2.05, 4.69) is 17.1 Å². The lowest BCUT2D eigenvalue weighted by molar-refractivity contribution is -0.118. The van der Waals surface area contributed by atoms with Crippen LogP contribution in [0.15, 0.2) is 54.4 Å². The molecule has 1 aromatic rings. The van der Waals surface area contributed by atoms with E-state index in [9.17, 15) is 4.79 Å². The molecule has 1 atom stereocenters. The van der Waals surface area contributed by atoms with Gasteiger partial charge < -0.3 is 10.2 Å². The molecule has 0 saturated carbocycles. The van der Waals surface area contributed by atoms with Crippen molar-refractivity contribution in [3.63, 3.8) is 0 Å². The first-order chi connectivity index (χ1) is 9.70. The van der Waals surface area contributed by atoms with E-state index in [0.29, 0.717) is 6.42 Å². The number of carbonyl (C=O) groups excluding carboxylic acids is 1. The summed E-state index contributed by atoms with van der Waals surface area (Å²) in [5.41, 5.74) is 1.95. The van der Waals surface area contributed by atoms with E-state index in [-0.39, 0.29) is 11.9 Å². The molecule has 1 heterocycles. The third-order valence-electron chi connectivity index (χ3n) is 3.38. The van der Waals surface area contributed by atoms with Crippen LogP contribution in [0.5, 0.6) is 0 Å². The number of carbonyl (C=O) groups is 1. The van der Waals surface area contributed by atoms with Crippen LogP contribution < -0.4 is 5.32 Å². The number of hydrogen-bond acceptors (Lipinski definition) is 2. The van der Waals surface area contributed by atoms with Crippen molar-refractivity contribution in [2.45, 2.75) is 32.7 Å². The van der Waals surface area contributed by atoms with Crippen LogP contribution in [0, 0.1) is 0 Å². The summed E-state index contributed by atoms with van der Waals surface area (Å²) < 4.78 is 0. The third-order valence-corrected chi connectivity index (χ3v) is 3.38. The smallest absolute Gasteiger partial charge is 0.249 e. The fourth-order valence-electron chi connectivity index (χ4n) is 2.27. The van der Waals surface area contributed by atoms with Crippen molar-refractivity contribution in [2.24, 2.45) is 0 Å². The van der Waals surface area contributed by atoms with Gasteiger partial charge in [-0.05, 0) is 31.5 Å². The molecule has 0 unspecified atom stereocenters. The van der Waals surface area contributed by atoms with E-state index in [1.807, 2.05) is 55.7 Å². The van der Waals surface area contributed by atoms with E-state index in [4.69, 9.17) is 0 Å². The first-order valence-corrected chi connectivity index (χ1v) is 7.19. The lowest BCUT2D eigenvalue weighted by Gasteiger charge is -2.22. The van der Waals surface area contributed by atoms with Crippen LogP contribution in [-0.4, -0.2) is 17.4 Å². The highest BCUT2D eigenvalue weighted by Gasteiger charge is 2.15. The highest BCUT2D eigenvalue weighted by molar-refractivity contribution is 5.94. The average Bonchev–Trinajstić information content (AvgIpc) is 2.48. The Morgan fingerprint density at radius 1 is 1.35 bits per heavy atom. The Hall–Kier alpha value is -2.03. The fourth-order valence-corrected chi connectivity index (χ4v) is 2.27. The van der Waals surface area contributed by atoms with Crippen LogP contribution in [-0.2, 0) is 4.79 Å². The zero-order chi connectivity index (χ0) is 14.4. The SMILES string of the molecule is CCCN1C=CCC(C(=O)N[C@H](C)c2ccccc2)=C1. The molecular weight excluding hydrogens is 248 g/mol. The van der Waals surface area contributed by atoms with Gasteiger partial charge in [0.25, 0.3) is 0 Å². The van der Waals surface area contributed by atoms with Gasteiger partial charge in [0.1, 0.15) is 0 Å². The van der Waals surface area contributed by atoms with Gasteiger partial charge in [0.15, 0.2) is 0 Å². The summed E-state index contributed by atoms with van der Waals surface area (Å²) in [4.78, 5) is 14.4. The van der Waals surface area contributed by atoms with Crippen LogP contribution in [0.3, 0.4) is 0 Å². The van der Waals surface area contributed by atoms with E-state index in [1.54, 1.807) is 0 Å². The topological polar surface area (TPSA) is 32.3 Å². The first kappa shape index (κ1) is 14.4. The van der Waals surface area contributed by atoms with Crippen molar-refractivity contribution < 1.29 is 4.79 Å². The maximum atomic E-state index is 12.3. The maximum Gasteiger partial charge on any atom is 0.249 e. The van der Waals surface area contributed by atoms with E-state index in [1.165, 1.54) is 0 Å². The number of rotatable bonds is 5. The van der Waals surface area contributed by atoms with Crippen LogP contribution in [0.25, 0.3) is 0 Å². The normalized spacial score (nSPS) is 15.7. The molecule has 2 rings (SSSR count). The molecule has 1 aromatic carbocycles. The molecule has 0 aliphatic carbocycles. The summed E-state index contributed by atoms with van der Waals surface area (Å²) >= 11 is 0. The highest BCUT2D eigenvalue weighted by Crippen LogP contribution is 2.16. The number of nitrogens with zero attached hydrogens (tertiary/aromatic N) is 1. The van der Waals surface area contributed by atoms with Crippen molar-refractivity contribution in [1.82, 2.24) is 10.2 Å². The molecule has 1 amide bonds. The number of allylic oxidation sites excluding steroid dienone is 1. The van der Waals surface area contributed by atoms with Crippen molar-refractivity contribution in [1.29, 1.82) is 0 Å². The zero-order valence-corrected chi connectivity index (χ0v) is 12.2. The van der Waals surface area contributed by atoms with E-state index >= 15 is 0 Å². The van der Waals surface area contributed by atoms with Crippen molar-refractivity contribution >= 4 is 5.91 Å². The minimum atomic E-state index is 0.0202. The Morgan fingerprint density at radius 2 is 2.10 bits per heavy atom. The molecule has 3 nitrogen and oxygen atoms in total. The Bertz CT molecular complexity index is 505. The predicted molar refractivity (Wildman–Crippen MR) is 81.8 cm³/mol. The number of benzene rings is 1. The second-order valence-electron chi connectivity index (χ2n) is 5.09. The highest BCUT2D eigenvalue weighted by atomic mass is 16.1. The van der Waals surface area contributed by atoms with Crippen LogP contribution in [0.2, 0.25) is 0 Å². The van der Waals surface area contributed by atoms with Gasteiger partial charge in [-0.25, -0.2) is 0 Å². The van der Waals surface area contributed by atoms with E-state index in [0.717, 1.165) is 24.1 Å². The van der Waals surface area contributed by atoms with Crippen LogP contribution >= 0.6 is 0 Å². The first-order valence-electron chi connectivity index (χ1n) is 7.19. The van der Waals surface area contributed by atoms with E-state index < -0.39 is 0 Å². The second-order valence-corrected chi connectivity index (χ2v) is 5.09. The third kappa shape index (κ3) is 3.73. The standard InChI is InChI=1S/C17H22N2O/c1-3-11-19-12-7-10-16(13-19)17(20)18-14(2)15-8-5-4-6-9-15/h4-9,12-14H,3,10-11H2,1-2H3,(H,18,20)/t14-/m1/s1. The summed E-state index contributed by atoms with van der Waals surface area (Å²) in [5.74, 6) is 0.0202. The van der Waals surface area contributed by atoms with Crippen molar-refractivity contribution in [3.8, 4) is 0 Å². The molecule has 0 spiro atoms. The minimum Gasteiger partial charge on any atom is -0.354 e. The molecule has 20 heavy (non-hydrogen) atoms. The molecule has 0 saturated heterocycles. The molecule has 0 radical (unpaired) electrons.